The van der Waals surface area contributed by atoms with Crippen molar-refractivity contribution < 1.29 is 23.0 Å². The Hall–Kier alpha value is -1.66. The zero-order valence-electron chi connectivity index (χ0n) is 10.6. The van der Waals surface area contributed by atoms with Crippen LogP contribution in [0, 0.1) is 0 Å². The van der Waals surface area contributed by atoms with Gasteiger partial charge in [0.15, 0.2) is 0 Å². The van der Waals surface area contributed by atoms with Gasteiger partial charge in [0.1, 0.15) is 6.61 Å². The second kappa shape index (κ2) is 6.19. The second-order valence-electron chi connectivity index (χ2n) is 4.48. The molecule has 1 aromatic heterocycles. The van der Waals surface area contributed by atoms with Gasteiger partial charge in [-0.25, -0.2) is 0 Å². The molecule has 0 spiro atoms. The van der Waals surface area contributed by atoms with E-state index in [4.69, 9.17) is 0 Å². The van der Waals surface area contributed by atoms with E-state index >= 15 is 0 Å². The predicted molar refractivity (Wildman–Crippen MR) is 68.3 cm³/mol. The molecule has 0 aliphatic carbocycles. The molecule has 20 heavy (non-hydrogen) atoms. The number of fused-ring (bicyclic) bond motifs is 1. The Labute approximate surface area is 114 Å². The quantitative estimate of drug-likeness (QED) is 0.918. The van der Waals surface area contributed by atoms with Crippen LogP contribution in [0.3, 0.4) is 0 Å². The molecule has 6 heteroatoms. The van der Waals surface area contributed by atoms with E-state index in [0.29, 0.717) is 0 Å². The number of aromatic nitrogens is 1. The fraction of sp³-hybridized carbons (Fsp3) is 0.357. The molecule has 3 nitrogen and oxygen atoms in total. The van der Waals surface area contributed by atoms with Gasteiger partial charge in [-0.1, -0.05) is 18.2 Å². The number of pyridine rings is 1. The highest BCUT2D eigenvalue weighted by Gasteiger charge is 2.27. The van der Waals surface area contributed by atoms with E-state index in [-0.39, 0.29) is 13.0 Å². The normalized spacial score (nSPS) is 13.6. The standard InChI is InChI=1S/C14H14F3NO2/c15-14(16,17)9-20-8-11(19)7-10-5-6-18-13-4-2-1-3-12(10)13/h1-6,11,19H,7-9H2. The molecule has 2 rings (SSSR count). The first-order valence-corrected chi connectivity index (χ1v) is 6.11. The number of aliphatic hydroxyl groups excluding tert-OH is 1. The summed E-state index contributed by atoms with van der Waals surface area (Å²) in [6, 6.07) is 9.14. The molecule has 1 heterocycles. The average Bonchev–Trinajstić information content (AvgIpc) is 2.37. The Morgan fingerprint density at radius 3 is 2.70 bits per heavy atom. The van der Waals surface area contributed by atoms with Gasteiger partial charge in [-0.2, -0.15) is 13.2 Å². The summed E-state index contributed by atoms with van der Waals surface area (Å²) in [5.41, 5.74) is 1.62. The van der Waals surface area contributed by atoms with Gasteiger partial charge in [-0.15, -0.1) is 0 Å². The van der Waals surface area contributed by atoms with Crippen LogP contribution in [-0.4, -0.2) is 35.6 Å². The minimum Gasteiger partial charge on any atom is -0.390 e. The first-order chi connectivity index (χ1) is 9.46. The third-order valence-corrected chi connectivity index (χ3v) is 2.77. The first-order valence-electron chi connectivity index (χ1n) is 6.11. The van der Waals surface area contributed by atoms with Crippen molar-refractivity contribution in [2.24, 2.45) is 0 Å². The number of halogens is 3. The van der Waals surface area contributed by atoms with Crippen LogP contribution in [0.5, 0.6) is 0 Å². The van der Waals surface area contributed by atoms with Crippen LogP contribution in [0.2, 0.25) is 0 Å². The predicted octanol–water partition coefficient (Wildman–Crippen LogP) is 2.72. The van der Waals surface area contributed by atoms with Crippen LogP contribution in [0.25, 0.3) is 10.9 Å². The van der Waals surface area contributed by atoms with Crippen LogP contribution in [0.4, 0.5) is 13.2 Å². The van der Waals surface area contributed by atoms with Crippen LogP contribution < -0.4 is 0 Å². The summed E-state index contributed by atoms with van der Waals surface area (Å²) < 4.78 is 40.2. The Bertz CT molecular complexity index is 566. The zero-order valence-corrected chi connectivity index (χ0v) is 10.6. The van der Waals surface area contributed by atoms with Gasteiger partial charge in [0.25, 0.3) is 0 Å². The van der Waals surface area contributed by atoms with E-state index in [9.17, 15) is 18.3 Å². The Morgan fingerprint density at radius 1 is 1.20 bits per heavy atom. The fourth-order valence-corrected chi connectivity index (χ4v) is 1.96. The van der Waals surface area contributed by atoms with E-state index in [1.807, 2.05) is 24.3 Å². The van der Waals surface area contributed by atoms with Gasteiger partial charge in [0.2, 0.25) is 0 Å². The summed E-state index contributed by atoms with van der Waals surface area (Å²) in [5, 5.41) is 10.6. The van der Waals surface area contributed by atoms with E-state index in [0.717, 1.165) is 16.5 Å². The van der Waals surface area contributed by atoms with Gasteiger partial charge in [0.05, 0.1) is 18.2 Å². The minimum atomic E-state index is -4.37. The maximum Gasteiger partial charge on any atom is 0.411 e. The molecule has 1 aromatic carbocycles. The number of hydrogen-bond acceptors (Lipinski definition) is 3. The number of para-hydroxylation sites is 1. The van der Waals surface area contributed by atoms with Gasteiger partial charge in [-0.3, -0.25) is 4.98 Å². The summed E-state index contributed by atoms with van der Waals surface area (Å²) in [6.45, 7) is -1.70. The highest BCUT2D eigenvalue weighted by molar-refractivity contribution is 5.81. The lowest BCUT2D eigenvalue weighted by Gasteiger charge is -2.13. The van der Waals surface area contributed by atoms with Crippen LogP contribution in [0.15, 0.2) is 36.5 Å². The number of benzene rings is 1. The highest BCUT2D eigenvalue weighted by atomic mass is 19.4. The molecule has 0 radical (unpaired) electrons. The van der Waals surface area contributed by atoms with Crippen molar-refractivity contribution in [2.75, 3.05) is 13.2 Å². The van der Waals surface area contributed by atoms with Gasteiger partial charge < -0.3 is 9.84 Å². The Balaban J connectivity index is 1.98. The molecule has 0 amide bonds. The maximum absolute atomic E-state index is 11.9. The van der Waals surface area contributed by atoms with Crippen molar-refractivity contribution in [3.05, 3.63) is 42.1 Å². The lowest BCUT2D eigenvalue weighted by atomic mass is 10.0. The van der Waals surface area contributed by atoms with E-state index in [2.05, 4.69) is 9.72 Å². The third kappa shape index (κ3) is 4.18. The molecule has 0 saturated carbocycles. The third-order valence-electron chi connectivity index (χ3n) is 2.77. The van der Waals surface area contributed by atoms with Gasteiger partial charge >= 0.3 is 6.18 Å². The van der Waals surface area contributed by atoms with Crippen LogP contribution in [0.1, 0.15) is 5.56 Å². The molecular weight excluding hydrogens is 271 g/mol. The molecule has 0 saturated heterocycles. The topological polar surface area (TPSA) is 42.4 Å². The second-order valence-corrected chi connectivity index (χ2v) is 4.48. The number of hydrogen-bond donors (Lipinski definition) is 1. The van der Waals surface area contributed by atoms with Crippen molar-refractivity contribution in [1.29, 1.82) is 0 Å². The number of alkyl halides is 3. The number of ether oxygens (including phenoxy) is 1. The number of rotatable bonds is 5. The van der Waals surface area contributed by atoms with Crippen molar-refractivity contribution in [1.82, 2.24) is 4.98 Å². The monoisotopic (exact) mass is 285 g/mol. The van der Waals surface area contributed by atoms with E-state index in [1.54, 1.807) is 12.3 Å². The fourth-order valence-electron chi connectivity index (χ4n) is 1.96. The minimum absolute atomic E-state index is 0.223. The van der Waals surface area contributed by atoms with Crippen molar-refractivity contribution >= 4 is 10.9 Å². The summed E-state index contributed by atoms with van der Waals surface area (Å²) in [6.07, 6.45) is -3.52. The molecule has 0 fully saturated rings. The maximum atomic E-state index is 11.9. The molecule has 2 aromatic rings. The van der Waals surface area contributed by atoms with Crippen molar-refractivity contribution in [3.8, 4) is 0 Å². The van der Waals surface area contributed by atoms with Gasteiger partial charge in [-0.05, 0) is 17.7 Å². The Morgan fingerprint density at radius 2 is 1.95 bits per heavy atom. The Kier molecular flexibility index (Phi) is 4.57. The summed E-state index contributed by atoms with van der Waals surface area (Å²) in [4.78, 5) is 4.18. The lowest BCUT2D eigenvalue weighted by molar-refractivity contribution is -0.178. The van der Waals surface area contributed by atoms with Crippen molar-refractivity contribution in [3.63, 3.8) is 0 Å². The smallest absolute Gasteiger partial charge is 0.390 e. The summed E-state index contributed by atoms with van der Waals surface area (Å²) in [7, 11) is 0. The SMILES string of the molecule is OC(COCC(F)(F)F)Cc1ccnc2ccccc12. The molecule has 0 bridgehead atoms. The summed E-state index contributed by atoms with van der Waals surface area (Å²) >= 11 is 0. The largest absolute Gasteiger partial charge is 0.411 e. The lowest BCUT2D eigenvalue weighted by Crippen LogP contribution is -2.24. The zero-order chi connectivity index (χ0) is 14.6. The van der Waals surface area contributed by atoms with Crippen LogP contribution in [-0.2, 0) is 11.2 Å². The van der Waals surface area contributed by atoms with Crippen molar-refractivity contribution in [2.45, 2.75) is 18.7 Å². The molecule has 1 unspecified atom stereocenters. The highest BCUT2D eigenvalue weighted by Crippen LogP contribution is 2.18. The number of nitrogens with zero attached hydrogens (tertiary/aromatic N) is 1. The molecule has 0 aliphatic rings. The molecule has 1 atom stereocenters. The van der Waals surface area contributed by atoms with Gasteiger partial charge in [0, 0.05) is 18.0 Å². The summed E-state index contributed by atoms with van der Waals surface area (Å²) in [5.74, 6) is 0. The molecule has 1 N–H and O–H groups in total. The molecule has 108 valence electrons. The van der Waals surface area contributed by atoms with Crippen LogP contribution >= 0.6 is 0 Å². The molecule has 0 aliphatic heterocycles. The first kappa shape index (κ1) is 14.7. The number of aliphatic hydroxyl groups is 1. The van der Waals surface area contributed by atoms with E-state index < -0.39 is 18.9 Å². The van der Waals surface area contributed by atoms with E-state index in [1.165, 1.54) is 0 Å². The average molecular weight is 285 g/mol. The molecular formula is C14H14F3NO2.